The smallest absolute Gasteiger partial charge is 0.285 e. The monoisotopic (exact) mass is 289 g/mol. The second-order valence-corrected chi connectivity index (χ2v) is 5.68. The average Bonchev–Trinajstić information content (AvgIpc) is 2.44. The van der Waals surface area contributed by atoms with Crippen molar-refractivity contribution in [1.29, 1.82) is 0 Å². The molecule has 0 spiro atoms. The van der Waals surface area contributed by atoms with Crippen molar-refractivity contribution in [2.24, 2.45) is 11.7 Å². The fourth-order valence-electron chi connectivity index (χ4n) is 2.81. The fourth-order valence-corrected chi connectivity index (χ4v) is 2.81. The number of unbranched alkanes of at least 4 members (excludes halogenated alkanes) is 5. The van der Waals surface area contributed by atoms with Crippen LogP contribution in [0.2, 0.25) is 0 Å². The van der Waals surface area contributed by atoms with Crippen LogP contribution in [-0.4, -0.2) is 33.3 Å². The standard InChI is InChI=1S/C16H35NO3/c1-6-7-8-9-10-11-12-15(13-14(2)17)16(18-3,19-4)20-5/h14-15H,6-13,17H2,1-5H3. The van der Waals surface area contributed by atoms with Gasteiger partial charge in [-0.15, -0.1) is 0 Å². The Hall–Kier alpha value is -0.160. The molecule has 2 N–H and O–H groups in total. The van der Waals surface area contributed by atoms with E-state index in [9.17, 15) is 0 Å². The van der Waals surface area contributed by atoms with Gasteiger partial charge in [0.2, 0.25) is 0 Å². The fraction of sp³-hybridized carbons (Fsp3) is 1.00. The highest BCUT2D eigenvalue weighted by atomic mass is 16.9. The molecule has 0 aliphatic carbocycles. The van der Waals surface area contributed by atoms with Gasteiger partial charge in [0.25, 0.3) is 5.97 Å². The van der Waals surface area contributed by atoms with Crippen LogP contribution in [0.15, 0.2) is 0 Å². The van der Waals surface area contributed by atoms with Crippen molar-refractivity contribution in [3.8, 4) is 0 Å². The van der Waals surface area contributed by atoms with Gasteiger partial charge in [0.1, 0.15) is 0 Å². The maximum atomic E-state index is 5.96. The van der Waals surface area contributed by atoms with Gasteiger partial charge >= 0.3 is 0 Å². The zero-order chi connectivity index (χ0) is 15.4. The number of rotatable bonds is 13. The summed E-state index contributed by atoms with van der Waals surface area (Å²) in [5, 5.41) is 0. The van der Waals surface area contributed by atoms with Crippen molar-refractivity contribution in [2.75, 3.05) is 21.3 Å². The first kappa shape index (κ1) is 19.8. The first-order valence-corrected chi connectivity index (χ1v) is 7.97. The number of methoxy groups -OCH3 is 3. The highest BCUT2D eigenvalue weighted by Crippen LogP contribution is 2.32. The van der Waals surface area contributed by atoms with E-state index < -0.39 is 5.97 Å². The van der Waals surface area contributed by atoms with E-state index in [4.69, 9.17) is 19.9 Å². The molecule has 0 heterocycles. The van der Waals surface area contributed by atoms with E-state index in [1.165, 1.54) is 38.5 Å². The first-order chi connectivity index (χ1) is 9.56. The Kier molecular flexibility index (Phi) is 11.4. The summed E-state index contributed by atoms with van der Waals surface area (Å²) in [4.78, 5) is 0. The maximum Gasteiger partial charge on any atom is 0.285 e. The van der Waals surface area contributed by atoms with Crippen LogP contribution < -0.4 is 5.73 Å². The van der Waals surface area contributed by atoms with E-state index in [-0.39, 0.29) is 12.0 Å². The topological polar surface area (TPSA) is 53.7 Å². The molecule has 20 heavy (non-hydrogen) atoms. The Morgan fingerprint density at radius 2 is 1.40 bits per heavy atom. The summed E-state index contributed by atoms with van der Waals surface area (Å²) in [6.45, 7) is 4.25. The number of ether oxygens (including phenoxy) is 3. The quantitative estimate of drug-likeness (QED) is 0.415. The van der Waals surface area contributed by atoms with Crippen LogP contribution in [-0.2, 0) is 14.2 Å². The highest BCUT2D eigenvalue weighted by molar-refractivity contribution is 4.74. The van der Waals surface area contributed by atoms with Crippen molar-refractivity contribution in [2.45, 2.75) is 77.2 Å². The van der Waals surface area contributed by atoms with Gasteiger partial charge in [-0.1, -0.05) is 45.4 Å². The van der Waals surface area contributed by atoms with Crippen LogP contribution in [0.25, 0.3) is 0 Å². The molecule has 0 bridgehead atoms. The first-order valence-electron chi connectivity index (χ1n) is 7.97. The van der Waals surface area contributed by atoms with E-state index in [0.29, 0.717) is 0 Å². The second kappa shape index (κ2) is 11.5. The van der Waals surface area contributed by atoms with Gasteiger partial charge < -0.3 is 19.9 Å². The van der Waals surface area contributed by atoms with Crippen LogP contribution in [0.5, 0.6) is 0 Å². The van der Waals surface area contributed by atoms with Crippen LogP contribution in [0, 0.1) is 5.92 Å². The van der Waals surface area contributed by atoms with Crippen LogP contribution >= 0.6 is 0 Å². The van der Waals surface area contributed by atoms with E-state index in [1.807, 2.05) is 6.92 Å². The van der Waals surface area contributed by atoms with Crippen molar-refractivity contribution in [1.82, 2.24) is 0 Å². The molecule has 4 heteroatoms. The lowest BCUT2D eigenvalue weighted by atomic mass is 9.91. The van der Waals surface area contributed by atoms with Gasteiger partial charge in [-0.25, -0.2) is 0 Å². The third-order valence-corrected chi connectivity index (χ3v) is 3.92. The molecule has 0 aromatic carbocycles. The molecule has 2 atom stereocenters. The van der Waals surface area contributed by atoms with Crippen molar-refractivity contribution >= 4 is 0 Å². The Bertz CT molecular complexity index is 210. The Balaban J connectivity index is 4.33. The molecule has 0 radical (unpaired) electrons. The van der Waals surface area contributed by atoms with E-state index in [0.717, 1.165) is 12.8 Å². The molecule has 0 aliphatic rings. The molecule has 0 saturated carbocycles. The molecular weight excluding hydrogens is 254 g/mol. The third-order valence-electron chi connectivity index (χ3n) is 3.92. The number of nitrogens with two attached hydrogens (primary N) is 1. The molecule has 0 saturated heterocycles. The van der Waals surface area contributed by atoms with E-state index in [1.54, 1.807) is 21.3 Å². The van der Waals surface area contributed by atoms with Gasteiger partial charge in [-0.3, -0.25) is 0 Å². The minimum absolute atomic E-state index is 0.111. The molecule has 0 aromatic rings. The summed E-state index contributed by atoms with van der Waals surface area (Å²) >= 11 is 0. The summed E-state index contributed by atoms with van der Waals surface area (Å²) in [6.07, 6.45) is 9.53. The van der Waals surface area contributed by atoms with Crippen LogP contribution in [0.1, 0.15) is 65.2 Å². The second-order valence-electron chi connectivity index (χ2n) is 5.68. The Morgan fingerprint density at radius 1 is 0.900 bits per heavy atom. The maximum absolute atomic E-state index is 5.96. The average molecular weight is 289 g/mol. The molecule has 0 aromatic heterocycles. The predicted molar refractivity (Wildman–Crippen MR) is 83.5 cm³/mol. The summed E-state index contributed by atoms with van der Waals surface area (Å²) in [5.74, 6) is -0.800. The molecule has 0 rings (SSSR count). The van der Waals surface area contributed by atoms with E-state index in [2.05, 4.69) is 6.92 Å². The van der Waals surface area contributed by atoms with E-state index >= 15 is 0 Å². The molecular formula is C16H35NO3. The highest BCUT2D eigenvalue weighted by Gasteiger charge is 2.39. The lowest BCUT2D eigenvalue weighted by molar-refractivity contribution is -0.380. The van der Waals surface area contributed by atoms with Gasteiger partial charge in [-0.05, 0) is 19.8 Å². The van der Waals surface area contributed by atoms with Gasteiger partial charge in [0, 0.05) is 33.3 Å². The van der Waals surface area contributed by atoms with Crippen LogP contribution in [0.4, 0.5) is 0 Å². The minimum Gasteiger partial charge on any atom is -0.331 e. The molecule has 122 valence electrons. The minimum atomic E-state index is -0.961. The van der Waals surface area contributed by atoms with Crippen molar-refractivity contribution in [3.63, 3.8) is 0 Å². The van der Waals surface area contributed by atoms with Crippen molar-refractivity contribution in [3.05, 3.63) is 0 Å². The van der Waals surface area contributed by atoms with Gasteiger partial charge in [0.05, 0.1) is 0 Å². The zero-order valence-corrected chi connectivity index (χ0v) is 14.1. The lowest BCUT2D eigenvalue weighted by Gasteiger charge is -2.37. The van der Waals surface area contributed by atoms with Crippen molar-refractivity contribution < 1.29 is 14.2 Å². The lowest BCUT2D eigenvalue weighted by Crippen LogP contribution is -2.45. The normalized spacial score (nSPS) is 15.3. The van der Waals surface area contributed by atoms with Gasteiger partial charge in [0.15, 0.2) is 0 Å². The largest absolute Gasteiger partial charge is 0.331 e. The summed E-state index contributed by atoms with van der Waals surface area (Å²) in [6, 6.07) is 0.111. The summed E-state index contributed by atoms with van der Waals surface area (Å²) < 4.78 is 16.5. The number of hydrogen-bond donors (Lipinski definition) is 1. The molecule has 0 fully saturated rings. The van der Waals surface area contributed by atoms with Gasteiger partial charge in [-0.2, -0.15) is 0 Å². The number of hydrogen-bond acceptors (Lipinski definition) is 4. The summed E-state index contributed by atoms with van der Waals surface area (Å²) in [7, 11) is 4.88. The molecule has 0 amide bonds. The zero-order valence-electron chi connectivity index (χ0n) is 14.1. The summed E-state index contributed by atoms with van der Waals surface area (Å²) in [5.41, 5.74) is 5.96. The Morgan fingerprint density at radius 3 is 1.85 bits per heavy atom. The molecule has 0 aliphatic heterocycles. The Labute approximate surface area is 125 Å². The molecule has 2 unspecified atom stereocenters. The predicted octanol–water partition coefficient (Wildman–Crippen LogP) is 3.68. The molecule has 4 nitrogen and oxygen atoms in total. The third kappa shape index (κ3) is 7.02. The SMILES string of the molecule is CCCCCCCCC(CC(C)N)C(OC)(OC)OC. The van der Waals surface area contributed by atoms with Crippen LogP contribution in [0.3, 0.4) is 0 Å².